The van der Waals surface area contributed by atoms with Crippen molar-refractivity contribution in [1.82, 2.24) is 5.43 Å². The van der Waals surface area contributed by atoms with Gasteiger partial charge in [0.05, 0.1) is 6.04 Å². The Morgan fingerprint density at radius 3 is 2.35 bits per heavy atom. The van der Waals surface area contributed by atoms with E-state index >= 15 is 0 Å². The molecule has 2 nitrogen and oxygen atoms in total. The van der Waals surface area contributed by atoms with Gasteiger partial charge in [-0.2, -0.15) is 0 Å². The van der Waals surface area contributed by atoms with Gasteiger partial charge in [-0.15, -0.1) is 0 Å². The van der Waals surface area contributed by atoms with Crippen molar-refractivity contribution in [2.75, 3.05) is 0 Å². The SMILES string of the molecule is NNC(c1cccc(Br)c1)c1cccc(C2CCC2)c1. The predicted octanol–water partition coefficient (Wildman–Crippen LogP) is 4.27. The second-order valence-corrected chi connectivity index (χ2v) is 6.37. The molecule has 0 heterocycles. The largest absolute Gasteiger partial charge is 0.271 e. The summed E-state index contributed by atoms with van der Waals surface area (Å²) in [4.78, 5) is 0. The Kier molecular flexibility index (Phi) is 4.20. The highest BCUT2D eigenvalue weighted by atomic mass is 79.9. The van der Waals surface area contributed by atoms with E-state index in [4.69, 9.17) is 5.84 Å². The molecule has 1 saturated carbocycles. The molecule has 0 saturated heterocycles. The Bertz CT molecular complexity index is 593. The van der Waals surface area contributed by atoms with Crippen LogP contribution in [0.2, 0.25) is 0 Å². The third kappa shape index (κ3) is 2.80. The zero-order valence-corrected chi connectivity index (χ0v) is 12.9. The van der Waals surface area contributed by atoms with E-state index in [1.165, 1.54) is 36.0 Å². The number of benzene rings is 2. The van der Waals surface area contributed by atoms with Crippen LogP contribution in [0.3, 0.4) is 0 Å². The van der Waals surface area contributed by atoms with Crippen molar-refractivity contribution < 1.29 is 0 Å². The van der Waals surface area contributed by atoms with Gasteiger partial charge in [-0.1, -0.05) is 58.7 Å². The Labute approximate surface area is 128 Å². The van der Waals surface area contributed by atoms with E-state index < -0.39 is 0 Å². The van der Waals surface area contributed by atoms with E-state index in [1.807, 2.05) is 12.1 Å². The van der Waals surface area contributed by atoms with Gasteiger partial charge < -0.3 is 0 Å². The van der Waals surface area contributed by atoms with E-state index in [2.05, 4.69) is 57.8 Å². The molecule has 3 heteroatoms. The Morgan fingerprint density at radius 1 is 1.05 bits per heavy atom. The van der Waals surface area contributed by atoms with Gasteiger partial charge in [0.1, 0.15) is 0 Å². The fourth-order valence-corrected chi connectivity index (χ4v) is 3.22. The monoisotopic (exact) mass is 330 g/mol. The Morgan fingerprint density at radius 2 is 1.75 bits per heavy atom. The van der Waals surface area contributed by atoms with Gasteiger partial charge in [0.2, 0.25) is 0 Å². The summed E-state index contributed by atoms with van der Waals surface area (Å²) < 4.78 is 1.07. The first-order chi connectivity index (χ1) is 9.78. The van der Waals surface area contributed by atoms with E-state index in [9.17, 15) is 0 Å². The number of nitrogens with two attached hydrogens (primary N) is 1. The second kappa shape index (κ2) is 6.08. The molecule has 0 radical (unpaired) electrons. The maximum absolute atomic E-state index is 5.79. The minimum atomic E-state index is 0.0347. The summed E-state index contributed by atoms with van der Waals surface area (Å²) in [5, 5.41) is 0. The molecule has 0 bridgehead atoms. The van der Waals surface area contributed by atoms with Crippen molar-refractivity contribution >= 4 is 15.9 Å². The fourth-order valence-electron chi connectivity index (χ4n) is 2.81. The first-order valence-electron chi connectivity index (χ1n) is 7.09. The molecule has 3 N–H and O–H groups in total. The second-order valence-electron chi connectivity index (χ2n) is 5.45. The lowest BCUT2D eigenvalue weighted by Gasteiger charge is -2.27. The first-order valence-corrected chi connectivity index (χ1v) is 7.88. The minimum absolute atomic E-state index is 0.0347. The molecule has 2 aromatic carbocycles. The fraction of sp³-hybridized carbons (Fsp3) is 0.294. The summed E-state index contributed by atoms with van der Waals surface area (Å²) in [6.45, 7) is 0. The van der Waals surface area contributed by atoms with Gasteiger partial charge >= 0.3 is 0 Å². The number of hydrazine groups is 1. The predicted molar refractivity (Wildman–Crippen MR) is 86.3 cm³/mol. The van der Waals surface area contributed by atoms with Crippen LogP contribution >= 0.6 is 15.9 Å². The van der Waals surface area contributed by atoms with Gasteiger partial charge in [-0.3, -0.25) is 5.84 Å². The summed E-state index contributed by atoms with van der Waals surface area (Å²) in [6, 6.07) is 17.1. The molecular formula is C17H19BrN2. The van der Waals surface area contributed by atoms with Crippen molar-refractivity contribution in [2.24, 2.45) is 5.84 Å². The molecule has 0 amide bonds. The molecular weight excluding hydrogens is 312 g/mol. The lowest BCUT2D eigenvalue weighted by Crippen LogP contribution is -2.29. The minimum Gasteiger partial charge on any atom is -0.271 e. The van der Waals surface area contributed by atoms with Crippen LogP contribution < -0.4 is 11.3 Å². The number of halogens is 1. The average Bonchev–Trinajstić information content (AvgIpc) is 2.38. The zero-order chi connectivity index (χ0) is 13.9. The normalized spacial score (nSPS) is 16.7. The summed E-state index contributed by atoms with van der Waals surface area (Å²) in [6.07, 6.45) is 4.00. The molecule has 0 aromatic heterocycles. The van der Waals surface area contributed by atoms with Crippen LogP contribution in [0, 0.1) is 0 Å². The highest BCUT2D eigenvalue weighted by Gasteiger charge is 2.21. The van der Waals surface area contributed by atoms with Crippen LogP contribution in [0.5, 0.6) is 0 Å². The summed E-state index contributed by atoms with van der Waals surface area (Å²) in [5.41, 5.74) is 6.80. The van der Waals surface area contributed by atoms with Crippen molar-refractivity contribution in [1.29, 1.82) is 0 Å². The van der Waals surface area contributed by atoms with Gasteiger partial charge in [0, 0.05) is 4.47 Å². The number of rotatable bonds is 4. The van der Waals surface area contributed by atoms with Crippen molar-refractivity contribution in [2.45, 2.75) is 31.2 Å². The molecule has 1 unspecified atom stereocenters. The zero-order valence-electron chi connectivity index (χ0n) is 11.4. The maximum atomic E-state index is 5.79. The highest BCUT2D eigenvalue weighted by molar-refractivity contribution is 9.10. The Hall–Kier alpha value is -1.16. The van der Waals surface area contributed by atoms with E-state index in [0.29, 0.717) is 0 Å². The third-order valence-electron chi connectivity index (χ3n) is 4.17. The van der Waals surface area contributed by atoms with Crippen molar-refractivity contribution in [3.8, 4) is 0 Å². The van der Waals surface area contributed by atoms with Gasteiger partial charge in [0.25, 0.3) is 0 Å². The standard InChI is InChI=1S/C17H19BrN2/c18-16-9-3-8-15(11-16)17(20-19)14-7-2-6-13(10-14)12-4-1-5-12/h2-3,6-12,17,20H,1,4-5,19H2. The van der Waals surface area contributed by atoms with E-state index in [-0.39, 0.29) is 6.04 Å². The maximum Gasteiger partial charge on any atom is 0.0710 e. The van der Waals surface area contributed by atoms with Crippen LogP contribution in [0.4, 0.5) is 0 Å². The van der Waals surface area contributed by atoms with Crippen molar-refractivity contribution in [3.05, 3.63) is 69.7 Å². The third-order valence-corrected chi connectivity index (χ3v) is 4.66. The number of hydrogen-bond donors (Lipinski definition) is 2. The molecule has 0 aliphatic heterocycles. The lowest BCUT2D eigenvalue weighted by atomic mass is 9.79. The van der Waals surface area contributed by atoms with Crippen LogP contribution in [-0.2, 0) is 0 Å². The smallest absolute Gasteiger partial charge is 0.0710 e. The topological polar surface area (TPSA) is 38.0 Å². The van der Waals surface area contributed by atoms with Crippen LogP contribution in [0.1, 0.15) is 47.9 Å². The first kappa shape index (κ1) is 13.8. The molecule has 1 aliphatic carbocycles. The summed E-state index contributed by atoms with van der Waals surface area (Å²) in [5.74, 6) is 6.54. The number of nitrogens with one attached hydrogen (secondary N) is 1. The molecule has 20 heavy (non-hydrogen) atoms. The van der Waals surface area contributed by atoms with Crippen LogP contribution in [0.15, 0.2) is 53.0 Å². The Balaban J connectivity index is 1.92. The van der Waals surface area contributed by atoms with Crippen LogP contribution in [0.25, 0.3) is 0 Å². The molecule has 1 aliphatic rings. The van der Waals surface area contributed by atoms with E-state index in [1.54, 1.807) is 0 Å². The molecule has 1 fully saturated rings. The molecule has 0 spiro atoms. The molecule has 3 rings (SSSR count). The van der Waals surface area contributed by atoms with Gasteiger partial charge in [-0.05, 0) is 47.6 Å². The summed E-state index contributed by atoms with van der Waals surface area (Å²) in [7, 11) is 0. The number of hydrogen-bond acceptors (Lipinski definition) is 2. The summed E-state index contributed by atoms with van der Waals surface area (Å²) >= 11 is 3.52. The quantitative estimate of drug-likeness (QED) is 0.649. The van der Waals surface area contributed by atoms with Gasteiger partial charge in [-0.25, -0.2) is 5.43 Å². The average molecular weight is 331 g/mol. The highest BCUT2D eigenvalue weighted by Crippen LogP contribution is 2.37. The van der Waals surface area contributed by atoms with E-state index in [0.717, 1.165) is 10.4 Å². The molecule has 104 valence electrons. The lowest BCUT2D eigenvalue weighted by molar-refractivity contribution is 0.419. The van der Waals surface area contributed by atoms with Crippen LogP contribution in [-0.4, -0.2) is 0 Å². The van der Waals surface area contributed by atoms with Gasteiger partial charge in [0.15, 0.2) is 0 Å². The molecule has 1 atom stereocenters. The molecule has 2 aromatic rings. The van der Waals surface area contributed by atoms with Crippen molar-refractivity contribution in [3.63, 3.8) is 0 Å².